The van der Waals surface area contributed by atoms with Crippen molar-refractivity contribution in [3.8, 4) is 5.75 Å². The van der Waals surface area contributed by atoms with Gasteiger partial charge in [0.2, 0.25) is 0 Å². The van der Waals surface area contributed by atoms with Crippen molar-refractivity contribution < 1.29 is 24.2 Å². The standard InChI is InChI=1S/C22H23NO5/c1-14-11-17(13-18(12-14)22(26)27)21(25)23-9-7-16(8-10-23)20(24)15-3-5-19(28-2)6-4-15/h3-6,11-13,16H,7-10H2,1-2H3,(H,26,27). The Hall–Kier alpha value is -3.15. The minimum Gasteiger partial charge on any atom is -0.497 e. The minimum absolute atomic E-state index is 0.0819. The zero-order valence-corrected chi connectivity index (χ0v) is 16.0. The van der Waals surface area contributed by atoms with Crippen LogP contribution in [0.25, 0.3) is 0 Å². The Kier molecular flexibility index (Phi) is 5.78. The van der Waals surface area contributed by atoms with Crippen LogP contribution in [0.3, 0.4) is 0 Å². The highest BCUT2D eigenvalue weighted by molar-refractivity contribution is 5.99. The highest BCUT2D eigenvalue weighted by atomic mass is 16.5. The largest absolute Gasteiger partial charge is 0.497 e. The van der Waals surface area contributed by atoms with Crippen LogP contribution in [-0.2, 0) is 0 Å². The van der Waals surface area contributed by atoms with Crippen LogP contribution in [0.4, 0.5) is 0 Å². The van der Waals surface area contributed by atoms with Gasteiger partial charge in [0.25, 0.3) is 5.91 Å². The van der Waals surface area contributed by atoms with E-state index in [-0.39, 0.29) is 23.2 Å². The third-order valence-electron chi connectivity index (χ3n) is 5.10. The van der Waals surface area contributed by atoms with Crippen molar-refractivity contribution >= 4 is 17.7 Å². The summed E-state index contributed by atoms with van der Waals surface area (Å²) in [5.41, 5.74) is 1.86. The van der Waals surface area contributed by atoms with E-state index < -0.39 is 5.97 Å². The summed E-state index contributed by atoms with van der Waals surface area (Å²) in [5, 5.41) is 9.19. The molecule has 0 atom stereocenters. The zero-order chi connectivity index (χ0) is 20.3. The van der Waals surface area contributed by atoms with Gasteiger partial charge in [0, 0.05) is 30.1 Å². The topological polar surface area (TPSA) is 83.9 Å². The molecule has 0 unspecified atom stereocenters. The molecule has 6 heteroatoms. The van der Waals surface area contributed by atoms with Gasteiger partial charge in [0.1, 0.15) is 5.75 Å². The first-order chi connectivity index (χ1) is 13.4. The average molecular weight is 381 g/mol. The first-order valence-corrected chi connectivity index (χ1v) is 9.21. The molecule has 2 aromatic rings. The second kappa shape index (κ2) is 8.25. The number of ketones is 1. The van der Waals surface area contributed by atoms with Crippen LogP contribution in [-0.4, -0.2) is 47.9 Å². The van der Waals surface area contributed by atoms with Crippen molar-refractivity contribution in [2.24, 2.45) is 5.92 Å². The number of likely N-dealkylation sites (tertiary alicyclic amines) is 1. The summed E-state index contributed by atoms with van der Waals surface area (Å²) in [6.45, 7) is 2.71. The first-order valence-electron chi connectivity index (χ1n) is 9.21. The number of methoxy groups -OCH3 is 1. The molecule has 1 heterocycles. The van der Waals surface area contributed by atoms with Gasteiger partial charge in [-0.05, 0) is 67.8 Å². The molecule has 1 fully saturated rings. The Morgan fingerprint density at radius 2 is 1.57 bits per heavy atom. The van der Waals surface area contributed by atoms with Crippen molar-refractivity contribution in [1.29, 1.82) is 0 Å². The predicted molar refractivity (Wildman–Crippen MR) is 104 cm³/mol. The van der Waals surface area contributed by atoms with Gasteiger partial charge in [0.05, 0.1) is 12.7 Å². The summed E-state index contributed by atoms with van der Waals surface area (Å²) in [5.74, 6) is -0.582. The molecule has 1 aliphatic heterocycles. The van der Waals surface area contributed by atoms with Crippen LogP contribution < -0.4 is 4.74 Å². The van der Waals surface area contributed by atoms with Crippen molar-refractivity contribution in [2.75, 3.05) is 20.2 Å². The van der Waals surface area contributed by atoms with Crippen molar-refractivity contribution in [3.05, 3.63) is 64.7 Å². The molecule has 6 nitrogen and oxygen atoms in total. The smallest absolute Gasteiger partial charge is 0.335 e. The van der Waals surface area contributed by atoms with Crippen molar-refractivity contribution in [1.82, 2.24) is 4.90 Å². The van der Waals surface area contributed by atoms with Crippen LogP contribution in [0.1, 0.15) is 49.5 Å². The third kappa shape index (κ3) is 4.22. The fraction of sp³-hybridized carbons (Fsp3) is 0.318. The summed E-state index contributed by atoms with van der Waals surface area (Å²) in [4.78, 5) is 38.4. The van der Waals surface area contributed by atoms with E-state index in [0.717, 1.165) is 5.56 Å². The Balaban J connectivity index is 1.65. The number of nitrogens with zero attached hydrogens (tertiary/aromatic N) is 1. The molecule has 28 heavy (non-hydrogen) atoms. The molecular formula is C22H23NO5. The first kappa shape index (κ1) is 19.6. The molecule has 0 aromatic heterocycles. The molecule has 0 bridgehead atoms. The van der Waals surface area contributed by atoms with E-state index in [1.807, 2.05) is 0 Å². The fourth-order valence-electron chi connectivity index (χ4n) is 3.55. The van der Waals surface area contributed by atoms with E-state index in [1.165, 1.54) is 6.07 Å². The predicted octanol–water partition coefficient (Wildman–Crippen LogP) is 3.44. The number of carbonyl (C=O) groups is 3. The quantitative estimate of drug-likeness (QED) is 0.802. The summed E-state index contributed by atoms with van der Waals surface area (Å²) in [6.07, 6.45) is 1.18. The van der Waals surface area contributed by atoms with E-state index in [0.29, 0.717) is 42.8 Å². The highest BCUT2D eigenvalue weighted by Crippen LogP contribution is 2.24. The number of carboxylic acid groups (broad SMARTS) is 1. The monoisotopic (exact) mass is 381 g/mol. The van der Waals surface area contributed by atoms with E-state index >= 15 is 0 Å². The number of amides is 1. The lowest BCUT2D eigenvalue weighted by molar-refractivity contribution is 0.0650. The zero-order valence-electron chi connectivity index (χ0n) is 16.0. The maximum atomic E-state index is 12.8. The Morgan fingerprint density at radius 1 is 0.964 bits per heavy atom. The summed E-state index contributed by atoms with van der Waals surface area (Å²) >= 11 is 0. The molecule has 0 saturated carbocycles. The third-order valence-corrected chi connectivity index (χ3v) is 5.10. The summed E-state index contributed by atoms with van der Waals surface area (Å²) < 4.78 is 5.12. The van der Waals surface area contributed by atoms with E-state index in [4.69, 9.17) is 4.74 Å². The van der Waals surface area contributed by atoms with E-state index in [1.54, 1.807) is 55.3 Å². The molecule has 2 aromatic carbocycles. The molecule has 1 aliphatic rings. The van der Waals surface area contributed by atoms with Crippen LogP contribution in [0, 0.1) is 12.8 Å². The van der Waals surface area contributed by atoms with E-state index in [9.17, 15) is 19.5 Å². The number of aryl methyl sites for hydroxylation is 1. The van der Waals surface area contributed by atoms with Gasteiger partial charge >= 0.3 is 5.97 Å². The maximum Gasteiger partial charge on any atom is 0.335 e. The average Bonchev–Trinajstić information content (AvgIpc) is 2.72. The summed E-state index contributed by atoms with van der Waals surface area (Å²) in [7, 11) is 1.58. The second-order valence-corrected chi connectivity index (χ2v) is 7.05. The van der Waals surface area contributed by atoms with Crippen LogP contribution in [0.5, 0.6) is 5.75 Å². The van der Waals surface area contributed by atoms with Gasteiger partial charge in [-0.1, -0.05) is 0 Å². The van der Waals surface area contributed by atoms with Gasteiger partial charge in [0.15, 0.2) is 5.78 Å². The molecule has 0 aliphatic carbocycles. The Morgan fingerprint density at radius 3 is 2.14 bits per heavy atom. The molecule has 3 rings (SSSR count). The normalized spacial score (nSPS) is 14.6. The number of carbonyl (C=O) groups excluding carboxylic acids is 2. The molecule has 0 spiro atoms. The lowest BCUT2D eigenvalue weighted by atomic mass is 9.88. The van der Waals surface area contributed by atoms with Gasteiger partial charge in [-0.15, -0.1) is 0 Å². The molecular weight excluding hydrogens is 358 g/mol. The SMILES string of the molecule is COc1ccc(C(=O)C2CCN(C(=O)c3cc(C)cc(C(=O)O)c3)CC2)cc1. The van der Waals surface area contributed by atoms with E-state index in [2.05, 4.69) is 0 Å². The van der Waals surface area contributed by atoms with Crippen LogP contribution >= 0.6 is 0 Å². The number of carboxylic acids is 1. The number of hydrogen-bond acceptors (Lipinski definition) is 4. The fourth-order valence-corrected chi connectivity index (χ4v) is 3.55. The number of ether oxygens (including phenoxy) is 1. The molecule has 1 saturated heterocycles. The lowest BCUT2D eigenvalue weighted by Gasteiger charge is -2.31. The van der Waals surface area contributed by atoms with Crippen molar-refractivity contribution in [2.45, 2.75) is 19.8 Å². The lowest BCUT2D eigenvalue weighted by Crippen LogP contribution is -2.40. The van der Waals surface area contributed by atoms with Gasteiger partial charge in [-0.25, -0.2) is 4.79 Å². The minimum atomic E-state index is -1.05. The summed E-state index contributed by atoms with van der Waals surface area (Å²) in [6, 6.07) is 11.7. The number of benzene rings is 2. The van der Waals surface area contributed by atoms with Gasteiger partial charge in [-0.2, -0.15) is 0 Å². The molecule has 0 radical (unpaired) electrons. The molecule has 1 N–H and O–H groups in total. The number of hydrogen-bond donors (Lipinski definition) is 1. The maximum absolute atomic E-state index is 12.8. The van der Waals surface area contributed by atoms with Crippen molar-refractivity contribution in [3.63, 3.8) is 0 Å². The van der Waals surface area contributed by atoms with Crippen LogP contribution in [0.2, 0.25) is 0 Å². The Labute approximate surface area is 163 Å². The van der Waals surface area contributed by atoms with Gasteiger partial charge in [-0.3, -0.25) is 9.59 Å². The second-order valence-electron chi connectivity index (χ2n) is 7.05. The highest BCUT2D eigenvalue weighted by Gasteiger charge is 2.28. The molecule has 1 amide bonds. The molecule has 146 valence electrons. The Bertz CT molecular complexity index is 896. The number of rotatable bonds is 5. The number of aromatic carboxylic acids is 1. The van der Waals surface area contributed by atoms with Crippen LogP contribution in [0.15, 0.2) is 42.5 Å². The van der Waals surface area contributed by atoms with Gasteiger partial charge < -0.3 is 14.7 Å². The number of piperidine rings is 1. The number of Topliss-reactive ketones (excluding diaryl/α,β-unsaturated/α-hetero) is 1.